The van der Waals surface area contributed by atoms with Crippen LogP contribution in [0.3, 0.4) is 0 Å². The summed E-state index contributed by atoms with van der Waals surface area (Å²) in [5.41, 5.74) is -0.574. The summed E-state index contributed by atoms with van der Waals surface area (Å²) in [4.78, 5) is 13.9. The van der Waals surface area contributed by atoms with Crippen LogP contribution in [0, 0.1) is 0 Å². The van der Waals surface area contributed by atoms with Gasteiger partial charge in [-0.2, -0.15) is 11.8 Å². The molecule has 0 bridgehead atoms. The van der Waals surface area contributed by atoms with Crippen LogP contribution in [0.25, 0.3) is 0 Å². The van der Waals surface area contributed by atoms with Crippen LogP contribution >= 0.6 is 11.8 Å². The number of nitrogens with zero attached hydrogens (tertiary/aromatic N) is 1. The van der Waals surface area contributed by atoms with Crippen molar-refractivity contribution in [3.05, 3.63) is 0 Å². The highest BCUT2D eigenvalue weighted by atomic mass is 32.2. The van der Waals surface area contributed by atoms with Gasteiger partial charge in [-0.3, -0.25) is 9.69 Å². The van der Waals surface area contributed by atoms with E-state index in [1.807, 2.05) is 11.8 Å². The molecule has 2 unspecified atom stereocenters. The molecule has 0 radical (unpaired) electrons. The summed E-state index contributed by atoms with van der Waals surface area (Å²) in [5, 5.41) is 9.85. The van der Waals surface area contributed by atoms with Crippen molar-refractivity contribution < 1.29 is 9.90 Å². The summed E-state index contributed by atoms with van der Waals surface area (Å²) in [5.74, 6) is 0.385. The van der Waals surface area contributed by atoms with Gasteiger partial charge < -0.3 is 5.11 Å². The minimum atomic E-state index is -0.605. The van der Waals surface area contributed by atoms with E-state index in [1.54, 1.807) is 0 Å². The average molecular weight is 243 g/mol. The molecule has 2 aliphatic heterocycles. The van der Waals surface area contributed by atoms with Crippen LogP contribution in [0.15, 0.2) is 0 Å². The third-order valence-corrected chi connectivity index (χ3v) is 5.39. The number of carboxylic acid groups (broad SMARTS) is 1. The van der Waals surface area contributed by atoms with Gasteiger partial charge in [0.05, 0.1) is 0 Å². The van der Waals surface area contributed by atoms with Gasteiger partial charge in [0.25, 0.3) is 0 Å². The Morgan fingerprint density at radius 1 is 1.31 bits per heavy atom. The van der Waals surface area contributed by atoms with Crippen LogP contribution in [0.2, 0.25) is 0 Å². The fraction of sp³-hybridized carbons (Fsp3) is 0.917. The Morgan fingerprint density at radius 2 is 1.94 bits per heavy atom. The number of carboxylic acids is 1. The smallest absolute Gasteiger partial charge is 0.325 e. The number of hydrogen-bond donors (Lipinski definition) is 1. The summed E-state index contributed by atoms with van der Waals surface area (Å²) in [7, 11) is 0. The second-order valence-corrected chi connectivity index (χ2v) is 6.34. The highest BCUT2D eigenvalue weighted by Gasteiger charge is 2.51. The van der Waals surface area contributed by atoms with Gasteiger partial charge in [0, 0.05) is 5.25 Å². The summed E-state index contributed by atoms with van der Waals surface area (Å²) in [6.45, 7) is 4.02. The zero-order valence-corrected chi connectivity index (χ0v) is 10.8. The minimum Gasteiger partial charge on any atom is -0.480 e. The molecule has 0 aliphatic carbocycles. The molecule has 92 valence electrons. The molecule has 2 aliphatic rings. The Balaban J connectivity index is 2.20. The molecular weight excluding hydrogens is 222 g/mol. The van der Waals surface area contributed by atoms with E-state index in [1.165, 1.54) is 12.8 Å². The molecule has 2 saturated heterocycles. The van der Waals surface area contributed by atoms with E-state index in [9.17, 15) is 9.90 Å². The molecule has 2 rings (SSSR count). The van der Waals surface area contributed by atoms with Crippen molar-refractivity contribution in [3.63, 3.8) is 0 Å². The first-order chi connectivity index (χ1) is 7.68. The maximum atomic E-state index is 11.7. The highest BCUT2D eigenvalue weighted by molar-refractivity contribution is 8.00. The normalized spacial score (nSPS) is 37.2. The van der Waals surface area contributed by atoms with Crippen molar-refractivity contribution in [2.24, 2.45) is 0 Å². The monoisotopic (exact) mass is 243 g/mol. The summed E-state index contributed by atoms with van der Waals surface area (Å²) >= 11 is 1.81. The SMILES string of the molecule is CC1SCCC1(C(=O)O)N1CCCCCC1. The molecule has 2 atom stereocenters. The molecule has 0 amide bonds. The van der Waals surface area contributed by atoms with Crippen LogP contribution in [-0.2, 0) is 4.79 Å². The fourth-order valence-corrected chi connectivity index (χ4v) is 4.46. The van der Waals surface area contributed by atoms with Gasteiger partial charge in [-0.15, -0.1) is 0 Å². The van der Waals surface area contributed by atoms with E-state index in [0.29, 0.717) is 0 Å². The van der Waals surface area contributed by atoms with E-state index in [4.69, 9.17) is 0 Å². The first-order valence-corrected chi connectivity index (χ1v) is 7.33. The third kappa shape index (κ3) is 1.97. The van der Waals surface area contributed by atoms with Crippen LogP contribution < -0.4 is 0 Å². The lowest BCUT2D eigenvalue weighted by Gasteiger charge is -2.39. The second-order valence-electron chi connectivity index (χ2n) is 4.89. The predicted octanol–water partition coefficient (Wildman–Crippen LogP) is 2.21. The van der Waals surface area contributed by atoms with Gasteiger partial charge in [0.15, 0.2) is 0 Å². The molecule has 16 heavy (non-hydrogen) atoms. The molecule has 3 nitrogen and oxygen atoms in total. The van der Waals surface area contributed by atoms with Gasteiger partial charge in [0.2, 0.25) is 0 Å². The Bertz CT molecular complexity index is 264. The van der Waals surface area contributed by atoms with Gasteiger partial charge in [-0.05, 0) is 38.1 Å². The summed E-state index contributed by atoms with van der Waals surface area (Å²) in [6.07, 6.45) is 5.65. The molecule has 0 aromatic rings. The maximum absolute atomic E-state index is 11.7. The highest BCUT2D eigenvalue weighted by Crippen LogP contribution is 2.41. The largest absolute Gasteiger partial charge is 0.480 e. The zero-order chi connectivity index (χ0) is 11.6. The summed E-state index contributed by atoms with van der Waals surface area (Å²) in [6, 6.07) is 0. The molecule has 0 spiro atoms. The van der Waals surface area contributed by atoms with Gasteiger partial charge in [0.1, 0.15) is 5.54 Å². The number of hydrogen-bond acceptors (Lipinski definition) is 3. The second kappa shape index (κ2) is 4.96. The van der Waals surface area contributed by atoms with Crippen molar-refractivity contribution >= 4 is 17.7 Å². The van der Waals surface area contributed by atoms with Gasteiger partial charge in [-0.25, -0.2) is 0 Å². The first-order valence-electron chi connectivity index (χ1n) is 6.28. The number of likely N-dealkylation sites (tertiary alicyclic amines) is 1. The Kier molecular flexibility index (Phi) is 3.80. The van der Waals surface area contributed by atoms with Crippen molar-refractivity contribution in [2.75, 3.05) is 18.8 Å². The molecule has 4 heteroatoms. The van der Waals surface area contributed by atoms with Gasteiger partial charge >= 0.3 is 5.97 Å². The van der Waals surface area contributed by atoms with Crippen LogP contribution in [0.1, 0.15) is 39.0 Å². The zero-order valence-electron chi connectivity index (χ0n) is 9.95. The maximum Gasteiger partial charge on any atom is 0.325 e. The van der Waals surface area contributed by atoms with E-state index >= 15 is 0 Å². The fourth-order valence-electron chi connectivity index (χ4n) is 3.03. The summed E-state index contributed by atoms with van der Waals surface area (Å²) < 4.78 is 0. The first kappa shape index (κ1) is 12.2. The molecule has 0 aromatic heterocycles. The number of thioether (sulfide) groups is 1. The standard InChI is InChI=1S/C12H21NO2S/c1-10-12(11(14)15,6-9-16-10)13-7-4-2-3-5-8-13/h10H,2-9H2,1H3,(H,14,15). The number of rotatable bonds is 2. The van der Waals surface area contributed by atoms with Crippen LogP contribution in [-0.4, -0.2) is 45.6 Å². The lowest BCUT2D eigenvalue weighted by atomic mass is 9.90. The molecule has 2 heterocycles. The molecular formula is C12H21NO2S. The minimum absolute atomic E-state index is 0.225. The molecule has 2 fully saturated rings. The molecule has 0 saturated carbocycles. The average Bonchev–Trinajstić information content (AvgIpc) is 2.51. The van der Waals surface area contributed by atoms with E-state index < -0.39 is 11.5 Å². The number of aliphatic carboxylic acids is 1. The lowest BCUT2D eigenvalue weighted by molar-refractivity contribution is -0.151. The number of carbonyl (C=O) groups is 1. The van der Waals surface area contributed by atoms with Crippen LogP contribution in [0.5, 0.6) is 0 Å². The van der Waals surface area contributed by atoms with Crippen LogP contribution in [0.4, 0.5) is 0 Å². The van der Waals surface area contributed by atoms with E-state index in [2.05, 4.69) is 11.8 Å². The quantitative estimate of drug-likeness (QED) is 0.807. The Hall–Kier alpha value is -0.220. The van der Waals surface area contributed by atoms with Gasteiger partial charge in [-0.1, -0.05) is 19.8 Å². The van der Waals surface area contributed by atoms with E-state index in [0.717, 1.165) is 38.1 Å². The Labute approximate surface area is 102 Å². The lowest BCUT2D eigenvalue weighted by Crippen LogP contribution is -2.58. The van der Waals surface area contributed by atoms with Crippen molar-refractivity contribution in [1.82, 2.24) is 4.90 Å². The topological polar surface area (TPSA) is 40.5 Å². The van der Waals surface area contributed by atoms with Crippen molar-refractivity contribution in [3.8, 4) is 0 Å². The van der Waals surface area contributed by atoms with Crippen molar-refractivity contribution in [1.29, 1.82) is 0 Å². The Morgan fingerprint density at radius 3 is 2.38 bits per heavy atom. The van der Waals surface area contributed by atoms with E-state index in [-0.39, 0.29) is 5.25 Å². The van der Waals surface area contributed by atoms with Crippen molar-refractivity contribution in [2.45, 2.75) is 49.8 Å². The third-order valence-electron chi connectivity index (χ3n) is 4.06. The molecule has 1 N–H and O–H groups in total. The molecule has 0 aromatic carbocycles. The predicted molar refractivity (Wildman–Crippen MR) is 66.9 cm³/mol.